The van der Waals surface area contributed by atoms with Crippen molar-refractivity contribution < 1.29 is 14.3 Å². The Morgan fingerprint density at radius 1 is 0.833 bits per heavy atom. The summed E-state index contributed by atoms with van der Waals surface area (Å²) < 4.78 is 4.80. The van der Waals surface area contributed by atoms with Gasteiger partial charge in [-0.05, 0) is 31.2 Å². The molecular formula is C15H12O3. The number of hydrogen-bond acceptors (Lipinski definition) is 3. The molecule has 0 aromatic heterocycles. The van der Waals surface area contributed by atoms with Gasteiger partial charge < -0.3 is 4.74 Å². The number of benzene rings is 2. The van der Waals surface area contributed by atoms with Gasteiger partial charge in [-0.1, -0.05) is 35.9 Å². The van der Waals surface area contributed by atoms with Crippen molar-refractivity contribution in [1.82, 2.24) is 0 Å². The van der Waals surface area contributed by atoms with Crippen LogP contribution in [-0.4, -0.2) is 11.9 Å². The highest BCUT2D eigenvalue weighted by Gasteiger charge is 2.14. The number of ether oxygens (including phenoxy) is 1. The highest BCUT2D eigenvalue weighted by molar-refractivity contribution is 6.02. The lowest BCUT2D eigenvalue weighted by Gasteiger charge is -2.03. The molecule has 0 bridgehead atoms. The van der Waals surface area contributed by atoms with E-state index < -0.39 is 11.9 Å². The van der Waals surface area contributed by atoms with Gasteiger partial charge in [0.05, 0.1) is 11.1 Å². The topological polar surface area (TPSA) is 43.4 Å². The van der Waals surface area contributed by atoms with Crippen molar-refractivity contribution in [3.8, 4) is 0 Å². The summed E-state index contributed by atoms with van der Waals surface area (Å²) >= 11 is 0. The second-order valence-corrected chi connectivity index (χ2v) is 3.91. The van der Waals surface area contributed by atoms with Crippen LogP contribution in [0.1, 0.15) is 26.3 Å². The van der Waals surface area contributed by atoms with E-state index in [1.807, 2.05) is 13.0 Å². The molecule has 2 aromatic rings. The molecule has 0 radical (unpaired) electrons. The van der Waals surface area contributed by atoms with Crippen molar-refractivity contribution in [2.45, 2.75) is 6.92 Å². The minimum absolute atomic E-state index is 0.360. The molecule has 0 aliphatic rings. The zero-order valence-corrected chi connectivity index (χ0v) is 9.92. The molecule has 0 atom stereocenters. The highest BCUT2D eigenvalue weighted by Crippen LogP contribution is 2.08. The van der Waals surface area contributed by atoms with Crippen molar-refractivity contribution in [2.75, 3.05) is 0 Å². The third-order valence-corrected chi connectivity index (χ3v) is 2.45. The summed E-state index contributed by atoms with van der Waals surface area (Å²) in [6.45, 7) is 1.87. The number of aryl methyl sites for hydroxylation is 1. The number of carbonyl (C=O) groups is 2. The Balaban J connectivity index is 2.11. The van der Waals surface area contributed by atoms with E-state index in [1.165, 1.54) is 0 Å². The first-order valence-corrected chi connectivity index (χ1v) is 5.55. The van der Waals surface area contributed by atoms with Gasteiger partial charge in [-0.25, -0.2) is 9.59 Å². The third-order valence-electron chi connectivity index (χ3n) is 2.45. The number of rotatable bonds is 2. The summed E-state index contributed by atoms with van der Waals surface area (Å²) in [5, 5.41) is 0. The van der Waals surface area contributed by atoms with Gasteiger partial charge >= 0.3 is 11.9 Å². The SMILES string of the molecule is Cc1cccc(C(=O)OC(=O)c2ccccc2)c1. The number of esters is 2. The van der Waals surface area contributed by atoms with Crippen LogP contribution in [0.25, 0.3) is 0 Å². The second kappa shape index (κ2) is 5.27. The van der Waals surface area contributed by atoms with Crippen LogP contribution in [0.4, 0.5) is 0 Å². The molecule has 0 unspecified atom stereocenters. The molecule has 3 nitrogen and oxygen atoms in total. The quantitative estimate of drug-likeness (QED) is 0.598. The highest BCUT2D eigenvalue weighted by atomic mass is 16.6. The van der Waals surface area contributed by atoms with Crippen LogP contribution in [0, 0.1) is 6.92 Å². The predicted octanol–water partition coefficient (Wildman–Crippen LogP) is 2.99. The first-order valence-electron chi connectivity index (χ1n) is 5.55. The average molecular weight is 240 g/mol. The Hall–Kier alpha value is -2.42. The Morgan fingerprint density at radius 2 is 1.44 bits per heavy atom. The van der Waals surface area contributed by atoms with Gasteiger partial charge in [0.15, 0.2) is 0 Å². The maximum atomic E-state index is 11.7. The summed E-state index contributed by atoms with van der Waals surface area (Å²) in [6.07, 6.45) is 0. The fourth-order valence-corrected chi connectivity index (χ4v) is 1.55. The smallest absolute Gasteiger partial charge is 0.346 e. The summed E-state index contributed by atoms with van der Waals surface area (Å²) in [6, 6.07) is 15.3. The van der Waals surface area contributed by atoms with E-state index in [4.69, 9.17) is 4.74 Å². The third kappa shape index (κ3) is 2.83. The van der Waals surface area contributed by atoms with Gasteiger partial charge in [0.1, 0.15) is 0 Å². The van der Waals surface area contributed by atoms with Crippen LogP contribution < -0.4 is 0 Å². The molecule has 0 amide bonds. The van der Waals surface area contributed by atoms with E-state index >= 15 is 0 Å². The molecule has 0 saturated carbocycles. The first kappa shape index (κ1) is 12.0. The molecular weight excluding hydrogens is 228 g/mol. The molecule has 90 valence electrons. The minimum Gasteiger partial charge on any atom is -0.386 e. The van der Waals surface area contributed by atoms with Gasteiger partial charge in [-0.3, -0.25) is 0 Å². The summed E-state index contributed by atoms with van der Waals surface area (Å²) in [4.78, 5) is 23.4. The van der Waals surface area contributed by atoms with Crippen molar-refractivity contribution in [3.63, 3.8) is 0 Å². The van der Waals surface area contributed by atoms with E-state index in [-0.39, 0.29) is 0 Å². The van der Waals surface area contributed by atoms with Crippen molar-refractivity contribution in [2.24, 2.45) is 0 Å². The molecule has 2 rings (SSSR count). The molecule has 0 aliphatic heterocycles. The summed E-state index contributed by atoms with van der Waals surface area (Å²) in [5.74, 6) is -1.27. The lowest BCUT2D eigenvalue weighted by molar-refractivity contribution is 0.0397. The van der Waals surface area contributed by atoms with Gasteiger partial charge in [0.2, 0.25) is 0 Å². The van der Waals surface area contributed by atoms with Crippen molar-refractivity contribution >= 4 is 11.9 Å². The van der Waals surface area contributed by atoms with Gasteiger partial charge in [-0.2, -0.15) is 0 Å². The van der Waals surface area contributed by atoms with E-state index in [9.17, 15) is 9.59 Å². The van der Waals surface area contributed by atoms with Crippen LogP contribution in [0.5, 0.6) is 0 Å². The van der Waals surface area contributed by atoms with Crippen molar-refractivity contribution in [3.05, 3.63) is 71.3 Å². The molecule has 18 heavy (non-hydrogen) atoms. The Kier molecular flexibility index (Phi) is 3.53. The maximum absolute atomic E-state index is 11.7. The van der Waals surface area contributed by atoms with E-state index in [2.05, 4.69) is 0 Å². The molecule has 0 N–H and O–H groups in total. The largest absolute Gasteiger partial charge is 0.386 e. The summed E-state index contributed by atoms with van der Waals surface area (Å²) in [7, 11) is 0. The predicted molar refractivity (Wildman–Crippen MR) is 67.4 cm³/mol. The molecule has 0 heterocycles. The zero-order chi connectivity index (χ0) is 13.0. The fourth-order valence-electron chi connectivity index (χ4n) is 1.55. The molecule has 2 aromatic carbocycles. The first-order chi connectivity index (χ1) is 8.66. The second-order valence-electron chi connectivity index (χ2n) is 3.91. The normalized spacial score (nSPS) is 9.83. The molecule has 0 saturated heterocycles. The van der Waals surface area contributed by atoms with Crippen LogP contribution in [0.15, 0.2) is 54.6 Å². The van der Waals surface area contributed by atoms with E-state index in [1.54, 1.807) is 48.5 Å². The molecule has 3 heteroatoms. The average Bonchev–Trinajstić information content (AvgIpc) is 2.39. The minimum atomic E-state index is -0.637. The zero-order valence-electron chi connectivity index (χ0n) is 9.92. The molecule has 0 aliphatic carbocycles. The number of hydrogen-bond donors (Lipinski definition) is 0. The monoisotopic (exact) mass is 240 g/mol. The Bertz CT molecular complexity index is 573. The lowest BCUT2D eigenvalue weighted by Crippen LogP contribution is -2.12. The van der Waals surface area contributed by atoms with Gasteiger partial charge in [0.25, 0.3) is 0 Å². The fraction of sp³-hybridized carbons (Fsp3) is 0.0667. The van der Waals surface area contributed by atoms with Gasteiger partial charge in [0, 0.05) is 0 Å². The van der Waals surface area contributed by atoms with Crippen LogP contribution in [0.3, 0.4) is 0 Å². The Morgan fingerprint density at radius 3 is 2.11 bits per heavy atom. The maximum Gasteiger partial charge on any atom is 0.346 e. The number of carbonyl (C=O) groups excluding carboxylic acids is 2. The Labute approximate surface area is 105 Å². The van der Waals surface area contributed by atoms with Crippen molar-refractivity contribution in [1.29, 1.82) is 0 Å². The summed E-state index contributed by atoms with van der Waals surface area (Å²) in [5.41, 5.74) is 1.68. The van der Waals surface area contributed by atoms with Crippen LogP contribution in [-0.2, 0) is 4.74 Å². The molecule has 0 fully saturated rings. The van der Waals surface area contributed by atoms with Gasteiger partial charge in [-0.15, -0.1) is 0 Å². The van der Waals surface area contributed by atoms with E-state index in [0.29, 0.717) is 11.1 Å². The lowest BCUT2D eigenvalue weighted by atomic mass is 10.1. The molecule has 0 spiro atoms. The van der Waals surface area contributed by atoms with Crippen LogP contribution >= 0.6 is 0 Å². The van der Waals surface area contributed by atoms with E-state index in [0.717, 1.165) is 5.56 Å². The standard InChI is InChI=1S/C15H12O3/c1-11-6-5-9-13(10-11)15(17)18-14(16)12-7-3-2-4-8-12/h2-10H,1H3. The van der Waals surface area contributed by atoms with Crippen LogP contribution in [0.2, 0.25) is 0 Å².